The van der Waals surface area contributed by atoms with Crippen molar-refractivity contribution < 1.29 is 19.0 Å². The normalized spacial score (nSPS) is 9.83. The summed E-state index contributed by atoms with van der Waals surface area (Å²) in [6.45, 7) is 8.03. The van der Waals surface area contributed by atoms with Gasteiger partial charge in [0.2, 0.25) is 0 Å². The molecule has 124 valence electrons. The molecule has 0 unspecified atom stereocenters. The fourth-order valence-corrected chi connectivity index (χ4v) is 1.97. The number of hydrogen-bond donors (Lipinski definition) is 0. The van der Waals surface area contributed by atoms with E-state index in [9.17, 15) is 4.79 Å². The molecular weight excluding hydrogens is 304 g/mol. The van der Waals surface area contributed by atoms with Crippen molar-refractivity contribution >= 4 is 5.97 Å². The van der Waals surface area contributed by atoms with Gasteiger partial charge in [-0.3, -0.25) is 0 Å². The fourth-order valence-electron chi connectivity index (χ4n) is 1.97. The lowest BCUT2D eigenvalue weighted by Gasteiger charge is -2.13. The van der Waals surface area contributed by atoms with Crippen LogP contribution in [0, 0.1) is 0 Å². The molecule has 0 aromatic heterocycles. The minimum atomic E-state index is -0.435. The van der Waals surface area contributed by atoms with Crippen molar-refractivity contribution in [2.24, 2.45) is 0 Å². The van der Waals surface area contributed by atoms with Crippen LogP contribution in [0.15, 0.2) is 73.8 Å². The first-order valence-corrected chi connectivity index (χ1v) is 7.57. The topological polar surface area (TPSA) is 44.8 Å². The Labute approximate surface area is 142 Å². The molecule has 0 amide bonds. The predicted molar refractivity (Wildman–Crippen MR) is 93.4 cm³/mol. The Morgan fingerprint density at radius 1 is 0.917 bits per heavy atom. The summed E-state index contributed by atoms with van der Waals surface area (Å²) >= 11 is 0. The van der Waals surface area contributed by atoms with E-state index in [1.54, 1.807) is 24.3 Å². The highest BCUT2D eigenvalue weighted by Crippen LogP contribution is 2.29. The number of rotatable bonds is 9. The minimum absolute atomic E-state index is 0.160. The Balaban J connectivity index is 2.17. The SMILES string of the molecule is C=CCOC(=O)c1ccc(OCC=C)c(OCc2ccccc2)c1. The molecule has 2 rings (SSSR count). The van der Waals surface area contributed by atoms with Gasteiger partial charge in [0, 0.05) is 0 Å². The molecule has 0 saturated heterocycles. The van der Waals surface area contributed by atoms with Gasteiger partial charge in [-0.15, -0.1) is 0 Å². The number of ether oxygens (including phenoxy) is 3. The van der Waals surface area contributed by atoms with E-state index < -0.39 is 5.97 Å². The standard InChI is InChI=1S/C20H20O4/c1-3-12-22-18-11-10-17(20(21)23-13-4-2)14-19(18)24-15-16-8-6-5-7-9-16/h3-11,14H,1-2,12-13,15H2. The quantitative estimate of drug-likeness (QED) is 0.513. The van der Waals surface area contributed by atoms with Crippen molar-refractivity contribution in [3.05, 3.63) is 85.0 Å². The third kappa shape index (κ3) is 5.02. The van der Waals surface area contributed by atoms with Gasteiger partial charge in [0.25, 0.3) is 0 Å². The highest BCUT2D eigenvalue weighted by molar-refractivity contribution is 5.90. The molecule has 0 fully saturated rings. The van der Waals surface area contributed by atoms with Crippen LogP contribution in [0.2, 0.25) is 0 Å². The third-order valence-electron chi connectivity index (χ3n) is 3.11. The van der Waals surface area contributed by atoms with E-state index in [4.69, 9.17) is 14.2 Å². The van der Waals surface area contributed by atoms with Crippen LogP contribution in [0.5, 0.6) is 11.5 Å². The van der Waals surface area contributed by atoms with E-state index in [2.05, 4.69) is 13.2 Å². The maximum Gasteiger partial charge on any atom is 0.338 e. The van der Waals surface area contributed by atoms with Gasteiger partial charge < -0.3 is 14.2 Å². The largest absolute Gasteiger partial charge is 0.486 e. The molecule has 0 aliphatic rings. The van der Waals surface area contributed by atoms with Crippen molar-refractivity contribution in [3.8, 4) is 11.5 Å². The van der Waals surface area contributed by atoms with Crippen LogP contribution in [0.4, 0.5) is 0 Å². The van der Waals surface area contributed by atoms with Crippen molar-refractivity contribution in [2.45, 2.75) is 6.61 Å². The predicted octanol–water partition coefficient (Wildman–Crippen LogP) is 4.17. The lowest BCUT2D eigenvalue weighted by atomic mass is 10.2. The van der Waals surface area contributed by atoms with Gasteiger partial charge in [-0.2, -0.15) is 0 Å². The smallest absolute Gasteiger partial charge is 0.338 e. The van der Waals surface area contributed by atoms with Gasteiger partial charge in [0.1, 0.15) is 19.8 Å². The summed E-state index contributed by atoms with van der Waals surface area (Å²) in [6.07, 6.45) is 3.17. The van der Waals surface area contributed by atoms with E-state index in [1.165, 1.54) is 6.08 Å². The zero-order chi connectivity index (χ0) is 17.2. The average Bonchev–Trinajstić information content (AvgIpc) is 2.63. The molecule has 0 radical (unpaired) electrons. The summed E-state index contributed by atoms with van der Waals surface area (Å²) in [4.78, 5) is 12.0. The molecule has 4 heteroatoms. The van der Waals surface area contributed by atoms with Crippen LogP contribution < -0.4 is 9.47 Å². The number of hydrogen-bond acceptors (Lipinski definition) is 4. The zero-order valence-corrected chi connectivity index (χ0v) is 13.4. The first-order valence-electron chi connectivity index (χ1n) is 7.57. The average molecular weight is 324 g/mol. The second-order valence-corrected chi connectivity index (χ2v) is 4.92. The van der Waals surface area contributed by atoms with Crippen molar-refractivity contribution in [3.63, 3.8) is 0 Å². The van der Waals surface area contributed by atoms with Gasteiger partial charge in [0.05, 0.1) is 5.56 Å². The van der Waals surface area contributed by atoms with Crippen LogP contribution in [-0.4, -0.2) is 19.2 Å². The number of carbonyl (C=O) groups is 1. The van der Waals surface area contributed by atoms with Gasteiger partial charge in [0.15, 0.2) is 11.5 Å². The molecule has 0 bridgehead atoms. The van der Waals surface area contributed by atoms with Crippen LogP contribution in [0.3, 0.4) is 0 Å². The Kier molecular flexibility index (Phi) is 6.65. The highest BCUT2D eigenvalue weighted by atomic mass is 16.5. The zero-order valence-electron chi connectivity index (χ0n) is 13.4. The summed E-state index contributed by atoms with van der Waals surface area (Å²) in [7, 11) is 0. The Morgan fingerprint density at radius 3 is 2.38 bits per heavy atom. The first kappa shape index (κ1) is 17.3. The number of carbonyl (C=O) groups excluding carboxylic acids is 1. The Morgan fingerprint density at radius 2 is 1.67 bits per heavy atom. The first-order chi connectivity index (χ1) is 11.7. The Bertz CT molecular complexity index is 692. The van der Waals surface area contributed by atoms with Gasteiger partial charge in [-0.1, -0.05) is 55.6 Å². The second kappa shape index (κ2) is 9.20. The fraction of sp³-hybridized carbons (Fsp3) is 0.150. The maximum absolute atomic E-state index is 12.0. The summed E-state index contributed by atoms with van der Waals surface area (Å²) in [6, 6.07) is 14.7. The van der Waals surface area contributed by atoms with E-state index in [0.717, 1.165) is 5.56 Å². The monoisotopic (exact) mass is 324 g/mol. The molecule has 0 spiro atoms. The Hall–Kier alpha value is -3.01. The lowest BCUT2D eigenvalue weighted by molar-refractivity contribution is 0.0549. The minimum Gasteiger partial charge on any atom is -0.486 e. The van der Waals surface area contributed by atoms with Crippen molar-refractivity contribution in [1.82, 2.24) is 0 Å². The molecule has 2 aromatic rings. The van der Waals surface area contributed by atoms with Crippen LogP contribution in [0.1, 0.15) is 15.9 Å². The van der Waals surface area contributed by atoms with Crippen LogP contribution in [-0.2, 0) is 11.3 Å². The molecule has 24 heavy (non-hydrogen) atoms. The van der Waals surface area contributed by atoms with Crippen molar-refractivity contribution in [2.75, 3.05) is 13.2 Å². The van der Waals surface area contributed by atoms with Gasteiger partial charge in [-0.25, -0.2) is 4.79 Å². The summed E-state index contributed by atoms with van der Waals surface area (Å²) < 4.78 is 16.5. The lowest BCUT2D eigenvalue weighted by Crippen LogP contribution is -2.07. The van der Waals surface area contributed by atoms with E-state index in [0.29, 0.717) is 30.3 Å². The van der Waals surface area contributed by atoms with Crippen LogP contribution >= 0.6 is 0 Å². The molecule has 0 heterocycles. The number of benzene rings is 2. The molecule has 0 aliphatic carbocycles. The van der Waals surface area contributed by atoms with Crippen molar-refractivity contribution in [1.29, 1.82) is 0 Å². The third-order valence-corrected chi connectivity index (χ3v) is 3.11. The summed E-state index contributed by atoms with van der Waals surface area (Å²) in [5.41, 5.74) is 1.41. The van der Waals surface area contributed by atoms with E-state index in [1.807, 2.05) is 30.3 Å². The summed E-state index contributed by atoms with van der Waals surface area (Å²) in [5.74, 6) is 0.592. The van der Waals surface area contributed by atoms with Gasteiger partial charge >= 0.3 is 5.97 Å². The molecule has 4 nitrogen and oxygen atoms in total. The van der Waals surface area contributed by atoms with E-state index >= 15 is 0 Å². The molecule has 0 aliphatic heterocycles. The highest BCUT2D eigenvalue weighted by Gasteiger charge is 2.13. The number of esters is 1. The van der Waals surface area contributed by atoms with Gasteiger partial charge in [-0.05, 0) is 23.8 Å². The summed E-state index contributed by atoms with van der Waals surface area (Å²) in [5, 5.41) is 0. The molecule has 0 atom stereocenters. The second-order valence-electron chi connectivity index (χ2n) is 4.92. The maximum atomic E-state index is 12.0. The van der Waals surface area contributed by atoms with E-state index in [-0.39, 0.29) is 6.61 Å². The molecule has 0 saturated carbocycles. The van der Waals surface area contributed by atoms with Crippen LogP contribution in [0.25, 0.3) is 0 Å². The molecule has 0 N–H and O–H groups in total. The molecular formula is C20H20O4. The molecule has 2 aromatic carbocycles.